The summed E-state index contributed by atoms with van der Waals surface area (Å²) >= 11 is 0. The largest absolute Gasteiger partial charge is 0.393 e. The third kappa shape index (κ3) is 3.73. The van der Waals surface area contributed by atoms with Gasteiger partial charge in [-0.15, -0.1) is 0 Å². The lowest BCUT2D eigenvalue weighted by atomic mass is 10.3. The Morgan fingerprint density at radius 1 is 1.60 bits per heavy atom. The highest BCUT2D eigenvalue weighted by molar-refractivity contribution is 5.45. The van der Waals surface area contributed by atoms with E-state index in [4.69, 9.17) is 10.9 Å². The van der Waals surface area contributed by atoms with Crippen LogP contribution in [0.1, 0.15) is 13.3 Å². The number of pyridine rings is 1. The number of nitrogens with one attached hydrogen (secondary N) is 1. The Morgan fingerprint density at radius 2 is 2.33 bits per heavy atom. The van der Waals surface area contributed by atoms with Crippen molar-refractivity contribution in [2.45, 2.75) is 19.4 Å². The number of nitrogens with two attached hydrogens (primary N) is 1. The Kier molecular flexibility index (Phi) is 4.33. The molecule has 0 amide bonds. The smallest absolute Gasteiger partial charge is 0.142 e. The summed E-state index contributed by atoms with van der Waals surface area (Å²) in [5.74, 6) is 6.74. The molecule has 0 spiro atoms. The number of aliphatic hydroxyl groups excluding tert-OH is 1. The van der Waals surface area contributed by atoms with E-state index in [1.807, 2.05) is 24.1 Å². The first-order valence-corrected chi connectivity index (χ1v) is 4.96. The molecule has 1 aromatic rings. The molecule has 0 aliphatic rings. The molecule has 0 fully saturated rings. The zero-order valence-corrected chi connectivity index (χ0v) is 9.14. The molecule has 15 heavy (non-hydrogen) atoms. The SMILES string of the molecule is CC(O)CCN(C)c1cccc(NN)n1. The fourth-order valence-electron chi connectivity index (χ4n) is 1.21. The number of nitrogens with zero attached hydrogens (tertiary/aromatic N) is 2. The summed E-state index contributed by atoms with van der Waals surface area (Å²) in [6, 6.07) is 5.59. The minimum atomic E-state index is -0.289. The summed E-state index contributed by atoms with van der Waals surface area (Å²) in [7, 11) is 1.94. The van der Waals surface area contributed by atoms with Gasteiger partial charge in [-0.25, -0.2) is 10.8 Å². The molecule has 0 bridgehead atoms. The van der Waals surface area contributed by atoms with Gasteiger partial charge >= 0.3 is 0 Å². The molecule has 0 aliphatic carbocycles. The van der Waals surface area contributed by atoms with Gasteiger partial charge in [0, 0.05) is 13.6 Å². The number of aromatic nitrogens is 1. The van der Waals surface area contributed by atoms with Crippen LogP contribution in [-0.4, -0.2) is 29.8 Å². The zero-order chi connectivity index (χ0) is 11.3. The van der Waals surface area contributed by atoms with Crippen molar-refractivity contribution in [1.29, 1.82) is 0 Å². The predicted octanol–water partition coefficient (Wildman–Crippen LogP) is 0.574. The molecule has 1 atom stereocenters. The number of rotatable bonds is 5. The molecule has 1 unspecified atom stereocenters. The van der Waals surface area contributed by atoms with Gasteiger partial charge in [0.15, 0.2) is 0 Å². The number of hydrogen-bond donors (Lipinski definition) is 3. The molecular formula is C10H18N4O. The lowest BCUT2D eigenvalue weighted by Crippen LogP contribution is -2.23. The van der Waals surface area contributed by atoms with Gasteiger partial charge in [-0.3, -0.25) is 0 Å². The second-order valence-corrected chi connectivity index (χ2v) is 3.58. The molecule has 4 N–H and O–H groups in total. The van der Waals surface area contributed by atoms with E-state index in [1.165, 1.54) is 0 Å². The average Bonchev–Trinajstić information content (AvgIpc) is 2.26. The summed E-state index contributed by atoms with van der Waals surface area (Å²) < 4.78 is 0. The Labute approximate surface area is 89.9 Å². The van der Waals surface area contributed by atoms with Gasteiger partial charge in [-0.05, 0) is 25.5 Å². The second-order valence-electron chi connectivity index (χ2n) is 3.58. The highest BCUT2D eigenvalue weighted by Gasteiger charge is 2.04. The molecule has 0 aromatic carbocycles. The van der Waals surface area contributed by atoms with E-state index < -0.39 is 0 Å². The lowest BCUT2D eigenvalue weighted by molar-refractivity contribution is 0.187. The van der Waals surface area contributed by atoms with E-state index in [0.29, 0.717) is 5.82 Å². The number of anilines is 2. The molecule has 0 aliphatic heterocycles. The van der Waals surface area contributed by atoms with Crippen molar-refractivity contribution in [3.63, 3.8) is 0 Å². The van der Waals surface area contributed by atoms with Crippen LogP contribution in [0.2, 0.25) is 0 Å². The van der Waals surface area contributed by atoms with Crippen LogP contribution < -0.4 is 16.2 Å². The van der Waals surface area contributed by atoms with E-state index in [9.17, 15) is 0 Å². The minimum absolute atomic E-state index is 0.289. The van der Waals surface area contributed by atoms with Crippen molar-refractivity contribution >= 4 is 11.6 Å². The molecular weight excluding hydrogens is 192 g/mol. The third-order valence-electron chi connectivity index (χ3n) is 2.16. The van der Waals surface area contributed by atoms with Crippen LogP contribution in [0.25, 0.3) is 0 Å². The Morgan fingerprint density at radius 3 is 2.93 bits per heavy atom. The second kappa shape index (κ2) is 5.53. The zero-order valence-electron chi connectivity index (χ0n) is 9.14. The van der Waals surface area contributed by atoms with Gasteiger partial charge in [0.1, 0.15) is 11.6 Å². The van der Waals surface area contributed by atoms with Crippen LogP contribution in [0.3, 0.4) is 0 Å². The molecule has 5 nitrogen and oxygen atoms in total. The van der Waals surface area contributed by atoms with Crippen molar-refractivity contribution in [2.75, 3.05) is 23.9 Å². The monoisotopic (exact) mass is 210 g/mol. The van der Waals surface area contributed by atoms with E-state index in [1.54, 1.807) is 13.0 Å². The van der Waals surface area contributed by atoms with Crippen LogP contribution in [0.5, 0.6) is 0 Å². The molecule has 1 rings (SSSR count). The standard InChI is InChI=1S/C10H18N4O/c1-8(15)6-7-14(2)10-5-3-4-9(12-10)13-11/h3-5,8,15H,6-7,11H2,1-2H3,(H,12,13). The fraction of sp³-hybridized carbons (Fsp3) is 0.500. The molecule has 84 valence electrons. The van der Waals surface area contributed by atoms with Gasteiger partial charge in [0.2, 0.25) is 0 Å². The van der Waals surface area contributed by atoms with E-state index in [-0.39, 0.29) is 6.10 Å². The van der Waals surface area contributed by atoms with Crippen molar-refractivity contribution in [1.82, 2.24) is 4.98 Å². The van der Waals surface area contributed by atoms with E-state index in [2.05, 4.69) is 10.4 Å². The summed E-state index contributed by atoms with van der Waals surface area (Å²) in [6.45, 7) is 2.54. The number of hydrazine groups is 1. The van der Waals surface area contributed by atoms with Crippen LogP contribution in [-0.2, 0) is 0 Å². The van der Waals surface area contributed by atoms with Crippen LogP contribution in [0.4, 0.5) is 11.6 Å². The summed E-state index contributed by atoms with van der Waals surface area (Å²) in [6.07, 6.45) is 0.432. The Bertz CT molecular complexity index is 303. The maximum absolute atomic E-state index is 9.17. The predicted molar refractivity (Wildman–Crippen MR) is 61.6 cm³/mol. The number of aliphatic hydroxyl groups is 1. The van der Waals surface area contributed by atoms with Crippen LogP contribution in [0.15, 0.2) is 18.2 Å². The van der Waals surface area contributed by atoms with Gasteiger partial charge in [0.05, 0.1) is 6.10 Å². The molecule has 1 heterocycles. The maximum atomic E-state index is 9.17. The first kappa shape index (κ1) is 11.7. The van der Waals surface area contributed by atoms with Crippen molar-refractivity contribution in [3.05, 3.63) is 18.2 Å². The van der Waals surface area contributed by atoms with Crippen molar-refractivity contribution < 1.29 is 5.11 Å². The van der Waals surface area contributed by atoms with Crippen molar-refractivity contribution in [3.8, 4) is 0 Å². The van der Waals surface area contributed by atoms with Crippen molar-refractivity contribution in [2.24, 2.45) is 5.84 Å². The first-order chi connectivity index (χ1) is 7.13. The molecule has 0 saturated carbocycles. The average molecular weight is 210 g/mol. The van der Waals surface area contributed by atoms with Gasteiger partial charge in [0.25, 0.3) is 0 Å². The molecule has 0 saturated heterocycles. The highest BCUT2D eigenvalue weighted by Crippen LogP contribution is 2.12. The quantitative estimate of drug-likeness (QED) is 0.489. The Balaban J connectivity index is 2.60. The van der Waals surface area contributed by atoms with E-state index in [0.717, 1.165) is 18.8 Å². The van der Waals surface area contributed by atoms with Crippen LogP contribution >= 0.6 is 0 Å². The Hall–Kier alpha value is -1.33. The first-order valence-electron chi connectivity index (χ1n) is 4.96. The summed E-state index contributed by atoms with van der Waals surface area (Å²) in [5.41, 5.74) is 2.50. The molecule has 0 radical (unpaired) electrons. The van der Waals surface area contributed by atoms with Gasteiger partial charge in [-0.2, -0.15) is 0 Å². The normalized spacial score (nSPS) is 12.3. The van der Waals surface area contributed by atoms with Crippen LogP contribution in [0, 0.1) is 0 Å². The van der Waals surface area contributed by atoms with E-state index >= 15 is 0 Å². The minimum Gasteiger partial charge on any atom is -0.393 e. The van der Waals surface area contributed by atoms with Gasteiger partial charge in [-0.1, -0.05) is 6.07 Å². The maximum Gasteiger partial charge on any atom is 0.142 e. The van der Waals surface area contributed by atoms with Gasteiger partial charge < -0.3 is 15.4 Å². The summed E-state index contributed by atoms with van der Waals surface area (Å²) in [5, 5.41) is 9.17. The molecule has 1 aromatic heterocycles. The summed E-state index contributed by atoms with van der Waals surface area (Å²) in [4.78, 5) is 6.26. The third-order valence-corrected chi connectivity index (χ3v) is 2.16. The molecule has 5 heteroatoms. The topological polar surface area (TPSA) is 74.4 Å². The fourth-order valence-corrected chi connectivity index (χ4v) is 1.21. The highest BCUT2D eigenvalue weighted by atomic mass is 16.3. The number of nitrogen functional groups attached to an aromatic ring is 1. The number of hydrogen-bond acceptors (Lipinski definition) is 5. The lowest BCUT2D eigenvalue weighted by Gasteiger charge is -2.19.